The van der Waals surface area contributed by atoms with Crippen LogP contribution in [0.25, 0.3) is 0 Å². The number of anilines is 1. The van der Waals surface area contributed by atoms with Crippen LogP contribution in [0.3, 0.4) is 0 Å². The number of para-hydroxylation sites is 1. The fourth-order valence-corrected chi connectivity index (χ4v) is 1.72. The van der Waals surface area contributed by atoms with Crippen LogP contribution in [0.15, 0.2) is 42.5 Å². The summed E-state index contributed by atoms with van der Waals surface area (Å²) < 4.78 is 24.3. The molecule has 0 radical (unpaired) electrons. The van der Waals surface area contributed by atoms with E-state index in [9.17, 15) is 9.18 Å². The third-order valence-corrected chi connectivity index (χ3v) is 2.72. The van der Waals surface area contributed by atoms with Crippen LogP contribution >= 0.6 is 0 Å². The Hall–Kier alpha value is -2.76. The van der Waals surface area contributed by atoms with Crippen LogP contribution in [-0.4, -0.2) is 19.1 Å². The number of halogens is 1. The number of amides is 1. The van der Waals surface area contributed by atoms with Gasteiger partial charge < -0.3 is 20.9 Å². The second-order valence-corrected chi connectivity index (χ2v) is 4.24. The fourth-order valence-electron chi connectivity index (χ4n) is 1.72. The van der Waals surface area contributed by atoms with Crippen LogP contribution in [0, 0.1) is 5.82 Å². The number of carbonyl (C=O) groups is 1. The molecule has 110 valence electrons. The van der Waals surface area contributed by atoms with Crippen molar-refractivity contribution in [1.29, 1.82) is 0 Å². The lowest BCUT2D eigenvalue weighted by molar-refractivity contribution is 0.100. The topological polar surface area (TPSA) is 87.6 Å². The van der Waals surface area contributed by atoms with Gasteiger partial charge in [-0.2, -0.15) is 0 Å². The van der Waals surface area contributed by atoms with E-state index in [2.05, 4.69) is 0 Å². The van der Waals surface area contributed by atoms with E-state index in [1.54, 1.807) is 12.1 Å². The standard InChI is InChI=1S/C15H15FN2O3/c16-12-9-13(17)11(15(18)19)8-14(12)21-7-6-20-10-4-2-1-3-5-10/h1-5,8-9H,6-7,17H2,(H2,18,19). The first-order valence-electron chi connectivity index (χ1n) is 6.27. The molecule has 0 atom stereocenters. The van der Waals surface area contributed by atoms with Crippen molar-refractivity contribution in [3.63, 3.8) is 0 Å². The van der Waals surface area contributed by atoms with Crippen molar-refractivity contribution in [3.05, 3.63) is 53.8 Å². The van der Waals surface area contributed by atoms with Crippen molar-refractivity contribution in [1.82, 2.24) is 0 Å². The largest absolute Gasteiger partial charge is 0.490 e. The second-order valence-electron chi connectivity index (χ2n) is 4.24. The van der Waals surface area contributed by atoms with E-state index in [0.717, 1.165) is 6.07 Å². The first kappa shape index (κ1) is 14.6. The highest BCUT2D eigenvalue weighted by Crippen LogP contribution is 2.24. The van der Waals surface area contributed by atoms with Crippen LogP contribution in [0.5, 0.6) is 11.5 Å². The van der Waals surface area contributed by atoms with Gasteiger partial charge in [0, 0.05) is 11.8 Å². The summed E-state index contributed by atoms with van der Waals surface area (Å²) in [6.45, 7) is 0.355. The average molecular weight is 290 g/mol. The Morgan fingerprint density at radius 3 is 2.43 bits per heavy atom. The van der Waals surface area contributed by atoms with Gasteiger partial charge in [-0.25, -0.2) is 4.39 Å². The summed E-state index contributed by atoms with van der Waals surface area (Å²) >= 11 is 0. The maximum Gasteiger partial charge on any atom is 0.250 e. The summed E-state index contributed by atoms with van der Waals surface area (Å²) in [6, 6.07) is 11.4. The zero-order valence-corrected chi connectivity index (χ0v) is 11.2. The fraction of sp³-hybridized carbons (Fsp3) is 0.133. The van der Waals surface area contributed by atoms with Gasteiger partial charge in [-0.05, 0) is 18.2 Å². The number of nitrogen functional groups attached to an aromatic ring is 1. The van der Waals surface area contributed by atoms with Crippen LogP contribution < -0.4 is 20.9 Å². The van der Waals surface area contributed by atoms with E-state index < -0.39 is 11.7 Å². The minimum Gasteiger partial charge on any atom is -0.490 e. The number of ether oxygens (including phenoxy) is 2. The summed E-state index contributed by atoms with van der Waals surface area (Å²) in [5.41, 5.74) is 10.6. The molecule has 21 heavy (non-hydrogen) atoms. The molecule has 2 rings (SSSR count). The number of rotatable bonds is 6. The van der Waals surface area contributed by atoms with Crippen molar-refractivity contribution in [2.75, 3.05) is 18.9 Å². The Bertz CT molecular complexity index is 632. The zero-order valence-electron chi connectivity index (χ0n) is 11.2. The monoisotopic (exact) mass is 290 g/mol. The molecule has 6 heteroatoms. The molecule has 0 aliphatic carbocycles. The Labute approximate surface area is 121 Å². The molecule has 0 unspecified atom stereocenters. The van der Waals surface area contributed by atoms with E-state index >= 15 is 0 Å². The third kappa shape index (κ3) is 3.85. The number of carbonyl (C=O) groups excluding carboxylic acids is 1. The third-order valence-electron chi connectivity index (χ3n) is 2.72. The van der Waals surface area contributed by atoms with Crippen LogP contribution in [0.2, 0.25) is 0 Å². The number of primary amides is 1. The normalized spacial score (nSPS) is 10.1. The molecular formula is C15H15FN2O3. The quantitative estimate of drug-likeness (QED) is 0.629. The average Bonchev–Trinajstić information content (AvgIpc) is 2.46. The summed E-state index contributed by atoms with van der Waals surface area (Å²) in [5, 5.41) is 0. The van der Waals surface area contributed by atoms with E-state index in [0.29, 0.717) is 5.75 Å². The van der Waals surface area contributed by atoms with Gasteiger partial charge in [-0.3, -0.25) is 4.79 Å². The van der Waals surface area contributed by atoms with Gasteiger partial charge in [-0.1, -0.05) is 18.2 Å². The summed E-state index contributed by atoms with van der Waals surface area (Å²) in [6.07, 6.45) is 0. The molecule has 5 nitrogen and oxygen atoms in total. The van der Waals surface area contributed by atoms with Crippen molar-refractivity contribution >= 4 is 11.6 Å². The molecule has 0 saturated carbocycles. The number of hydrogen-bond acceptors (Lipinski definition) is 4. The molecule has 0 saturated heterocycles. The van der Waals surface area contributed by atoms with Gasteiger partial charge in [0.15, 0.2) is 11.6 Å². The Morgan fingerprint density at radius 1 is 1.10 bits per heavy atom. The highest BCUT2D eigenvalue weighted by atomic mass is 19.1. The maximum atomic E-state index is 13.6. The Kier molecular flexibility index (Phi) is 4.61. The lowest BCUT2D eigenvalue weighted by atomic mass is 10.1. The van der Waals surface area contributed by atoms with Gasteiger partial charge >= 0.3 is 0 Å². The minimum atomic E-state index is -0.738. The number of benzene rings is 2. The molecule has 0 fully saturated rings. The van der Waals surface area contributed by atoms with Crippen LogP contribution in [0.4, 0.5) is 10.1 Å². The highest BCUT2D eigenvalue weighted by Gasteiger charge is 2.12. The molecule has 0 aliphatic rings. The van der Waals surface area contributed by atoms with Gasteiger partial charge in [0.25, 0.3) is 5.91 Å². The molecule has 2 aromatic carbocycles. The number of hydrogen-bond donors (Lipinski definition) is 2. The van der Waals surface area contributed by atoms with E-state index in [-0.39, 0.29) is 30.2 Å². The van der Waals surface area contributed by atoms with Gasteiger partial charge in [0.2, 0.25) is 0 Å². The predicted octanol–water partition coefficient (Wildman–Crippen LogP) is 1.96. The SMILES string of the molecule is NC(=O)c1cc(OCCOc2ccccc2)c(F)cc1N. The van der Waals surface area contributed by atoms with Crippen molar-refractivity contribution in [2.24, 2.45) is 5.73 Å². The molecule has 0 spiro atoms. The van der Waals surface area contributed by atoms with Crippen molar-refractivity contribution in [3.8, 4) is 11.5 Å². The lowest BCUT2D eigenvalue weighted by Crippen LogP contribution is -2.15. The van der Waals surface area contributed by atoms with Crippen molar-refractivity contribution in [2.45, 2.75) is 0 Å². The van der Waals surface area contributed by atoms with Crippen LogP contribution in [-0.2, 0) is 0 Å². The number of nitrogens with two attached hydrogens (primary N) is 2. The van der Waals surface area contributed by atoms with E-state index in [4.69, 9.17) is 20.9 Å². The summed E-state index contributed by atoms with van der Waals surface area (Å²) in [5.74, 6) is -0.790. The predicted molar refractivity (Wildman–Crippen MR) is 76.8 cm³/mol. The molecule has 4 N–H and O–H groups in total. The van der Waals surface area contributed by atoms with Gasteiger partial charge in [-0.15, -0.1) is 0 Å². The second kappa shape index (κ2) is 6.60. The summed E-state index contributed by atoms with van der Waals surface area (Å²) in [7, 11) is 0. The molecule has 0 bridgehead atoms. The molecule has 0 aromatic heterocycles. The molecule has 0 heterocycles. The smallest absolute Gasteiger partial charge is 0.250 e. The van der Waals surface area contributed by atoms with Crippen LogP contribution in [0.1, 0.15) is 10.4 Å². The maximum absolute atomic E-state index is 13.6. The molecule has 0 aliphatic heterocycles. The van der Waals surface area contributed by atoms with Gasteiger partial charge in [0.05, 0.1) is 5.56 Å². The van der Waals surface area contributed by atoms with E-state index in [1.165, 1.54) is 6.07 Å². The lowest BCUT2D eigenvalue weighted by Gasteiger charge is -2.11. The molecule has 1 amide bonds. The zero-order chi connectivity index (χ0) is 15.2. The highest BCUT2D eigenvalue weighted by molar-refractivity contribution is 5.98. The summed E-state index contributed by atoms with van der Waals surface area (Å²) in [4.78, 5) is 11.1. The van der Waals surface area contributed by atoms with Gasteiger partial charge in [0.1, 0.15) is 19.0 Å². The van der Waals surface area contributed by atoms with Crippen molar-refractivity contribution < 1.29 is 18.7 Å². The minimum absolute atomic E-state index is 0.0205. The molecular weight excluding hydrogens is 275 g/mol. The first-order chi connectivity index (χ1) is 10.1. The Balaban J connectivity index is 1.94. The molecule has 2 aromatic rings. The van der Waals surface area contributed by atoms with E-state index in [1.807, 2.05) is 18.2 Å². The Morgan fingerprint density at radius 2 is 1.76 bits per heavy atom. The first-order valence-corrected chi connectivity index (χ1v) is 6.27.